The van der Waals surface area contributed by atoms with Crippen LogP contribution in [0.15, 0.2) is 110 Å². The Morgan fingerprint density at radius 1 is 0.717 bits per heavy atom. The largest absolute Gasteiger partial charge is 1.00 e. The Labute approximate surface area is 402 Å². The van der Waals surface area contributed by atoms with Crippen LogP contribution in [0.25, 0.3) is 22.3 Å². The summed E-state index contributed by atoms with van der Waals surface area (Å²) in [5.41, 5.74) is 6.32. The van der Waals surface area contributed by atoms with Crippen LogP contribution < -0.4 is 118 Å². The number of halogens is 1. The normalized spacial score (nSPS) is 16.7. The SMILES string of the molecule is C=CCc1cc(-c2ccc(O)cc2)ccc1O.C=CCc1cc(-c2ccc(OCC3CO3)cc2)ccc1OCC1CO1.ClCC1CO1.O=CO[O-].[H-].[K+].[K+]. The van der Waals surface area contributed by atoms with Crippen LogP contribution in [0, 0.1) is 0 Å². The fourth-order valence-electron chi connectivity index (χ4n) is 4.55. The maximum absolute atomic E-state index is 9.67. The summed E-state index contributed by atoms with van der Waals surface area (Å²) in [6.45, 7) is 11.1. The number of hydrogen-bond donors (Lipinski definition) is 2. The van der Waals surface area contributed by atoms with Gasteiger partial charge < -0.3 is 45.5 Å². The van der Waals surface area contributed by atoms with Crippen LogP contribution in [0.5, 0.6) is 23.0 Å². The standard InChI is InChI=1S/C21H22O4.C15H14O2.C3H5ClO.CH2O3.2K.H/c1-2-3-17-10-16(6-9-21(17)25-14-20-13-24-20)15-4-7-18(8-5-15)22-11-19-12-23-19;1-2-3-13-10-12(6-9-15(13)17)11-4-7-14(16)8-5-11;4-1-3-2-5-3;2-1-4-3;;;/h2,4-10,19-20H,1,3,11-14H2;2,4-10,16-17H,1,3H2;3H,1-2H2;1,3H;;;/q;;;;2*+1;-1/p-1. The third-order valence-corrected chi connectivity index (χ3v) is 7.88. The molecule has 53 heavy (non-hydrogen) atoms. The Morgan fingerprint density at radius 3 is 1.64 bits per heavy atom. The van der Waals surface area contributed by atoms with Crippen molar-refractivity contribution in [1.29, 1.82) is 0 Å². The van der Waals surface area contributed by atoms with E-state index in [0.29, 0.717) is 31.6 Å². The Kier molecular flexibility index (Phi) is 23.6. The molecule has 7 rings (SSSR count). The predicted octanol–water partition coefficient (Wildman–Crippen LogP) is 0.310. The Hall–Kier alpha value is -1.57. The molecular weight excluding hydrogens is 754 g/mol. The van der Waals surface area contributed by atoms with E-state index in [1.54, 1.807) is 24.3 Å². The maximum Gasteiger partial charge on any atom is 1.00 e. The first kappa shape index (κ1) is 47.6. The molecule has 3 aliphatic rings. The first-order valence-electron chi connectivity index (χ1n) is 16.3. The average molecular weight is 797 g/mol. The third kappa shape index (κ3) is 18.3. The van der Waals surface area contributed by atoms with E-state index < -0.39 is 0 Å². The molecule has 0 aromatic heterocycles. The van der Waals surface area contributed by atoms with Crippen molar-refractivity contribution < 1.29 is 153 Å². The molecule has 0 saturated carbocycles. The van der Waals surface area contributed by atoms with E-state index in [1.165, 1.54) is 0 Å². The average Bonchev–Trinajstić information content (AvgIpc) is 4.00. The molecule has 3 heterocycles. The van der Waals surface area contributed by atoms with Gasteiger partial charge in [-0.3, -0.25) is 4.79 Å². The third-order valence-electron chi connectivity index (χ3n) is 7.54. The molecule has 3 saturated heterocycles. The van der Waals surface area contributed by atoms with Crippen molar-refractivity contribution in [3.63, 3.8) is 0 Å². The van der Waals surface area contributed by atoms with Gasteiger partial charge in [0, 0.05) is 0 Å². The number of ether oxygens (including phenoxy) is 5. The fraction of sp³-hybridized carbons (Fsp3) is 0.275. The number of alkyl halides is 1. The molecule has 0 bridgehead atoms. The van der Waals surface area contributed by atoms with Crippen molar-refractivity contribution >= 4 is 18.1 Å². The summed E-state index contributed by atoms with van der Waals surface area (Å²) in [7, 11) is 0. The number of allylic oxidation sites excluding steroid dienone is 2. The molecule has 3 aliphatic heterocycles. The summed E-state index contributed by atoms with van der Waals surface area (Å²) >= 11 is 5.27. The zero-order valence-electron chi connectivity index (χ0n) is 31.2. The van der Waals surface area contributed by atoms with Crippen molar-refractivity contribution in [2.45, 2.75) is 31.2 Å². The second-order valence-electron chi connectivity index (χ2n) is 11.6. The van der Waals surface area contributed by atoms with E-state index >= 15 is 0 Å². The molecule has 272 valence electrons. The Balaban J connectivity index is 0.000000436. The van der Waals surface area contributed by atoms with Gasteiger partial charge in [-0.2, -0.15) is 0 Å². The molecule has 13 heteroatoms. The Morgan fingerprint density at radius 2 is 1.17 bits per heavy atom. The zero-order valence-corrected chi connectivity index (χ0v) is 37.2. The Bertz CT molecular complexity index is 1680. The molecule has 0 aliphatic carbocycles. The number of carbonyl (C=O) groups excluding carboxylic acids is 1. The van der Waals surface area contributed by atoms with Gasteiger partial charge in [0.05, 0.1) is 31.8 Å². The topological polar surface area (TPSA) is 146 Å². The van der Waals surface area contributed by atoms with Crippen LogP contribution in [0.1, 0.15) is 12.6 Å². The monoisotopic (exact) mass is 796 g/mol. The van der Waals surface area contributed by atoms with Gasteiger partial charge in [-0.15, -0.1) is 24.8 Å². The second kappa shape index (κ2) is 26.3. The number of carbonyl (C=O) groups is 1. The van der Waals surface area contributed by atoms with Crippen LogP contribution >= 0.6 is 11.6 Å². The van der Waals surface area contributed by atoms with Crippen LogP contribution in [-0.2, 0) is 36.7 Å². The fourth-order valence-corrected chi connectivity index (χ4v) is 4.73. The van der Waals surface area contributed by atoms with E-state index in [2.05, 4.69) is 42.3 Å². The number of benzene rings is 4. The van der Waals surface area contributed by atoms with Crippen molar-refractivity contribution in [3.05, 3.63) is 121 Å². The van der Waals surface area contributed by atoms with Crippen molar-refractivity contribution in [1.82, 2.24) is 0 Å². The van der Waals surface area contributed by atoms with Gasteiger partial charge in [-0.1, -0.05) is 48.6 Å². The van der Waals surface area contributed by atoms with Gasteiger partial charge in [-0.25, -0.2) is 0 Å². The van der Waals surface area contributed by atoms with E-state index in [9.17, 15) is 10.2 Å². The van der Waals surface area contributed by atoms with Gasteiger partial charge >= 0.3 is 103 Å². The molecule has 3 unspecified atom stereocenters. The first-order valence-corrected chi connectivity index (χ1v) is 16.9. The molecular formula is C40H43ClK2O10. The summed E-state index contributed by atoms with van der Waals surface area (Å²) < 4.78 is 26.7. The summed E-state index contributed by atoms with van der Waals surface area (Å²) in [6.07, 6.45) is 6.00. The van der Waals surface area contributed by atoms with Crippen molar-refractivity contribution in [2.75, 3.05) is 38.9 Å². The molecule has 3 fully saturated rings. The number of hydrogen-bond acceptors (Lipinski definition) is 10. The van der Waals surface area contributed by atoms with Gasteiger partial charge in [0.1, 0.15) is 48.4 Å². The number of epoxide rings is 3. The van der Waals surface area contributed by atoms with Crippen LogP contribution in [0.4, 0.5) is 0 Å². The zero-order chi connectivity index (χ0) is 36.4. The van der Waals surface area contributed by atoms with Gasteiger partial charge in [-0.05, 0) is 94.8 Å². The first-order chi connectivity index (χ1) is 24.9. The minimum Gasteiger partial charge on any atom is -1.00 e. The quantitative estimate of drug-likeness (QED) is 0.0348. The number of rotatable bonds is 14. The summed E-state index contributed by atoms with van der Waals surface area (Å²) in [5.74, 6) is 2.98. The minimum atomic E-state index is -0.181. The number of aromatic hydroxyl groups is 2. The molecule has 10 nitrogen and oxygen atoms in total. The van der Waals surface area contributed by atoms with E-state index in [0.717, 1.165) is 71.1 Å². The maximum atomic E-state index is 9.67. The van der Waals surface area contributed by atoms with E-state index in [1.807, 2.05) is 48.5 Å². The van der Waals surface area contributed by atoms with Gasteiger partial charge in [0.15, 0.2) is 0 Å². The van der Waals surface area contributed by atoms with Crippen LogP contribution in [-0.4, -0.2) is 73.9 Å². The second-order valence-corrected chi connectivity index (χ2v) is 11.9. The molecule has 0 radical (unpaired) electrons. The van der Waals surface area contributed by atoms with Gasteiger partial charge in [0.25, 0.3) is 6.47 Å². The summed E-state index contributed by atoms with van der Waals surface area (Å²) in [6, 6.07) is 26.9. The van der Waals surface area contributed by atoms with Crippen molar-refractivity contribution in [2.24, 2.45) is 0 Å². The summed E-state index contributed by atoms with van der Waals surface area (Å²) in [5, 5.41) is 27.3. The van der Waals surface area contributed by atoms with Crippen LogP contribution in [0.2, 0.25) is 0 Å². The predicted molar refractivity (Wildman–Crippen MR) is 194 cm³/mol. The van der Waals surface area contributed by atoms with Gasteiger partial charge in [0.2, 0.25) is 0 Å². The molecule has 2 N–H and O–H groups in total. The molecule has 4 aromatic rings. The van der Waals surface area contributed by atoms with Crippen LogP contribution in [0.3, 0.4) is 0 Å². The van der Waals surface area contributed by atoms with Crippen molar-refractivity contribution in [3.8, 4) is 45.3 Å². The molecule has 3 atom stereocenters. The number of phenolic OH excluding ortho intramolecular Hbond substituents is 2. The molecule has 0 spiro atoms. The smallest absolute Gasteiger partial charge is 1.00 e. The summed E-state index contributed by atoms with van der Waals surface area (Å²) in [4.78, 5) is 11.2. The van der Waals surface area contributed by atoms with E-state index in [-0.39, 0.29) is 134 Å². The minimum absolute atomic E-state index is 0. The van der Waals surface area contributed by atoms with E-state index in [4.69, 9.17) is 45.3 Å². The molecule has 0 amide bonds. The molecule has 4 aromatic carbocycles. The number of phenols is 2.